The van der Waals surface area contributed by atoms with E-state index in [0.717, 1.165) is 27.9 Å². The second-order valence-electron chi connectivity index (χ2n) is 6.28. The van der Waals surface area contributed by atoms with Crippen LogP contribution in [0.4, 0.5) is 8.78 Å². The fraction of sp³-hybridized carbons (Fsp3) is 0. The van der Waals surface area contributed by atoms with E-state index in [1.807, 2.05) is 34.7 Å². The number of aromatic nitrogens is 3. The van der Waals surface area contributed by atoms with E-state index in [4.69, 9.17) is 0 Å². The van der Waals surface area contributed by atoms with Gasteiger partial charge >= 0.3 is 0 Å². The summed E-state index contributed by atoms with van der Waals surface area (Å²) < 4.78 is 28.7. The quantitative estimate of drug-likeness (QED) is 0.418. The fourth-order valence-corrected chi connectivity index (χ4v) is 3.26. The SMILES string of the molecule is Fc1ccc(-c2cc(-c3ccc(F)cc3)n3c(n2)nc2ccccc23)cc1. The first-order chi connectivity index (χ1) is 13.2. The van der Waals surface area contributed by atoms with Crippen LogP contribution in [0.3, 0.4) is 0 Å². The average molecular weight is 357 g/mol. The van der Waals surface area contributed by atoms with Crippen LogP contribution < -0.4 is 0 Å². The monoisotopic (exact) mass is 357 g/mol. The van der Waals surface area contributed by atoms with Crippen molar-refractivity contribution in [1.82, 2.24) is 14.4 Å². The number of hydrogen-bond donors (Lipinski definition) is 0. The Hall–Kier alpha value is -3.60. The third-order valence-electron chi connectivity index (χ3n) is 4.56. The van der Waals surface area contributed by atoms with Gasteiger partial charge in [-0.05, 0) is 72.3 Å². The van der Waals surface area contributed by atoms with Crippen molar-refractivity contribution in [2.75, 3.05) is 0 Å². The van der Waals surface area contributed by atoms with Crippen LogP contribution in [0.5, 0.6) is 0 Å². The van der Waals surface area contributed by atoms with Gasteiger partial charge in [0.05, 0.1) is 22.4 Å². The van der Waals surface area contributed by atoms with Crippen molar-refractivity contribution in [3.05, 3.63) is 90.5 Å². The summed E-state index contributed by atoms with van der Waals surface area (Å²) >= 11 is 0. The predicted octanol–water partition coefficient (Wildman–Crippen LogP) is 5.49. The van der Waals surface area contributed by atoms with Crippen molar-refractivity contribution < 1.29 is 8.78 Å². The Balaban J connectivity index is 1.85. The Morgan fingerprint density at radius 3 is 2.00 bits per heavy atom. The van der Waals surface area contributed by atoms with E-state index < -0.39 is 0 Å². The number of fused-ring (bicyclic) bond motifs is 3. The first-order valence-corrected chi connectivity index (χ1v) is 8.49. The Morgan fingerprint density at radius 2 is 1.30 bits per heavy atom. The standard InChI is InChI=1S/C22H13F2N3/c23-16-9-5-14(6-10-16)19-13-21(15-7-11-17(24)12-8-15)27-20-4-2-1-3-18(20)25-22(27)26-19/h1-13H. The Kier molecular flexibility index (Phi) is 3.47. The Bertz CT molecular complexity index is 1270. The molecule has 5 heteroatoms. The smallest absolute Gasteiger partial charge is 0.235 e. The molecule has 0 aliphatic rings. The maximum absolute atomic E-state index is 13.4. The minimum atomic E-state index is -0.301. The zero-order valence-corrected chi connectivity index (χ0v) is 14.1. The lowest BCUT2D eigenvalue weighted by atomic mass is 10.1. The van der Waals surface area contributed by atoms with E-state index in [0.29, 0.717) is 11.5 Å². The van der Waals surface area contributed by atoms with Crippen molar-refractivity contribution in [2.24, 2.45) is 0 Å². The molecule has 5 aromatic rings. The topological polar surface area (TPSA) is 30.2 Å². The van der Waals surface area contributed by atoms with E-state index in [2.05, 4.69) is 9.97 Å². The number of para-hydroxylation sites is 2. The summed E-state index contributed by atoms with van der Waals surface area (Å²) in [6.45, 7) is 0. The molecule has 0 saturated carbocycles. The third kappa shape index (κ3) is 2.64. The summed E-state index contributed by atoms with van der Waals surface area (Å²) in [5.74, 6) is -0.0548. The molecule has 0 atom stereocenters. The first kappa shape index (κ1) is 15.6. The largest absolute Gasteiger partial charge is 0.276 e. The van der Waals surface area contributed by atoms with E-state index in [1.165, 1.54) is 24.3 Å². The minimum Gasteiger partial charge on any atom is -0.276 e. The van der Waals surface area contributed by atoms with E-state index in [9.17, 15) is 8.78 Å². The molecule has 27 heavy (non-hydrogen) atoms. The van der Waals surface area contributed by atoms with Crippen LogP contribution in [-0.2, 0) is 0 Å². The molecule has 0 N–H and O–H groups in total. The van der Waals surface area contributed by atoms with Gasteiger partial charge in [0.15, 0.2) is 0 Å². The van der Waals surface area contributed by atoms with Crippen molar-refractivity contribution in [1.29, 1.82) is 0 Å². The molecule has 3 aromatic carbocycles. The minimum absolute atomic E-state index is 0.293. The zero-order chi connectivity index (χ0) is 18.4. The van der Waals surface area contributed by atoms with Gasteiger partial charge in [-0.3, -0.25) is 4.40 Å². The van der Waals surface area contributed by atoms with Gasteiger partial charge < -0.3 is 0 Å². The highest BCUT2D eigenvalue weighted by molar-refractivity contribution is 5.84. The van der Waals surface area contributed by atoms with Crippen LogP contribution in [0, 0.1) is 11.6 Å². The summed E-state index contributed by atoms with van der Waals surface area (Å²) in [6.07, 6.45) is 0. The lowest BCUT2D eigenvalue weighted by molar-refractivity contribution is 0.627. The van der Waals surface area contributed by atoms with Gasteiger partial charge in [-0.15, -0.1) is 0 Å². The van der Waals surface area contributed by atoms with Crippen LogP contribution in [0.15, 0.2) is 78.9 Å². The van der Waals surface area contributed by atoms with E-state index >= 15 is 0 Å². The fourth-order valence-electron chi connectivity index (χ4n) is 3.26. The maximum atomic E-state index is 13.4. The van der Waals surface area contributed by atoms with Crippen molar-refractivity contribution in [2.45, 2.75) is 0 Å². The average Bonchev–Trinajstić information content (AvgIpc) is 3.07. The van der Waals surface area contributed by atoms with Crippen molar-refractivity contribution in [3.63, 3.8) is 0 Å². The maximum Gasteiger partial charge on any atom is 0.235 e. The molecule has 130 valence electrons. The number of imidazole rings is 1. The number of hydrogen-bond acceptors (Lipinski definition) is 2. The summed E-state index contributed by atoms with van der Waals surface area (Å²) in [5.41, 5.74) is 4.89. The molecule has 0 aliphatic carbocycles. The van der Waals surface area contributed by atoms with Crippen molar-refractivity contribution in [3.8, 4) is 22.5 Å². The molecule has 0 unspecified atom stereocenters. The molecular formula is C22H13F2N3. The van der Waals surface area contributed by atoms with Crippen LogP contribution in [0.1, 0.15) is 0 Å². The summed E-state index contributed by atoms with van der Waals surface area (Å²) in [7, 11) is 0. The highest BCUT2D eigenvalue weighted by atomic mass is 19.1. The Labute approximate surface area is 153 Å². The molecule has 3 nitrogen and oxygen atoms in total. The second-order valence-corrected chi connectivity index (χ2v) is 6.28. The molecule has 0 saturated heterocycles. The second kappa shape index (κ2) is 5.99. The molecule has 2 heterocycles. The van der Waals surface area contributed by atoms with Gasteiger partial charge in [0.1, 0.15) is 11.6 Å². The molecule has 0 spiro atoms. The van der Waals surface area contributed by atoms with Gasteiger partial charge in [-0.25, -0.2) is 18.7 Å². The van der Waals surface area contributed by atoms with Gasteiger partial charge in [0.2, 0.25) is 5.78 Å². The Morgan fingerprint density at radius 1 is 0.667 bits per heavy atom. The highest BCUT2D eigenvalue weighted by Gasteiger charge is 2.14. The van der Waals surface area contributed by atoms with Crippen LogP contribution in [0.25, 0.3) is 39.3 Å². The van der Waals surface area contributed by atoms with Gasteiger partial charge in [-0.2, -0.15) is 0 Å². The molecule has 0 fully saturated rings. The predicted molar refractivity (Wildman–Crippen MR) is 101 cm³/mol. The number of nitrogens with zero attached hydrogens (tertiary/aromatic N) is 3. The van der Waals surface area contributed by atoms with Gasteiger partial charge in [-0.1, -0.05) is 12.1 Å². The molecule has 0 amide bonds. The van der Waals surface area contributed by atoms with Crippen LogP contribution in [-0.4, -0.2) is 14.4 Å². The molecule has 5 rings (SSSR count). The van der Waals surface area contributed by atoms with Gasteiger partial charge in [0, 0.05) is 5.56 Å². The summed E-state index contributed by atoms with van der Waals surface area (Å²) in [5, 5.41) is 0. The van der Waals surface area contributed by atoms with Crippen LogP contribution >= 0.6 is 0 Å². The van der Waals surface area contributed by atoms with E-state index in [1.54, 1.807) is 24.3 Å². The normalized spacial score (nSPS) is 11.3. The molecule has 0 bridgehead atoms. The van der Waals surface area contributed by atoms with E-state index in [-0.39, 0.29) is 11.6 Å². The lowest BCUT2D eigenvalue weighted by Crippen LogP contribution is -1.97. The molecule has 2 aromatic heterocycles. The highest BCUT2D eigenvalue weighted by Crippen LogP contribution is 2.29. The number of benzene rings is 3. The lowest BCUT2D eigenvalue weighted by Gasteiger charge is -2.10. The third-order valence-corrected chi connectivity index (χ3v) is 4.56. The molecule has 0 aliphatic heterocycles. The number of halogens is 2. The summed E-state index contributed by atoms with van der Waals surface area (Å²) in [6, 6.07) is 22.2. The van der Waals surface area contributed by atoms with Crippen molar-refractivity contribution >= 4 is 16.8 Å². The van der Waals surface area contributed by atoms with Crippen LogP contribution in [0.2, 0.25) is 0 Å². The zero-order valence-electron chi connectivity index (χ0n) is 14.1. The van der Waals surface area contributed by atoms with Gasteiger partial charge in [0.25, 0.3) is 0 Å². The molecule has 0 radical (unpaired) electrons. The summed E-state index contributed by atoms with van der Waals surface area (Å²) in [4.78, 5) is 9.30. The first-order valence-electron chi connectivity index (χ1n) is 8.49. The molecular weight excluding hydrogens is 344 g/mol. The number of rotatable bonds is 2.